The van der Waals surface area contributed by atoms with Gasteiger partial charge in [-0.2, -0.15) is 0 Å². The van der Waals surface area contributed by atoms with Gasteiger partial charge in [-0.3, -0.25) is 0 Å². The second-order valence-corrected chi connectivity index (χ2v) is 5.13. The topological polar surface area (TPSA) is 15.3 Å². The minimum absolute atomic E-state index is 0.902. The molecule has 1 N–H and O–H groups in total. The van der Waals surface area contributed by atoms with E-state index in [0.717, 1.165) is 19.6 Å². The molecule has 0 saturated heterocycles. The van der Waals surface area contributed by atoms with E-state index in [1.54, 1.807) is 0 Å². The average Bonchev–Trinajstić information content (AvgIpc) is 2.28. The van der Waals surface area contributed by atoms with Crippen molar-refractivity contribution in [1.29, 1.82) is 0 Å². The van der Waals surface area contributed by atoms with E-state index in [2.05, 4.69) is 62.8 Å². The Kier molecular flexibility index (Phi) is 5.93. The maximum absolute atomic E-state index is 4.13. The Morgan fingerprint density at radius 2 is 1.83 bits per heavy atom. The molecule has 0 spiro atoms. The lowest BCUT2D eigenvalue weighted by Crippen LogP contribution is -2.26. The van der Waals surface area contributed by atoms with Crippen LogP contribution >= 0.6 is 0 Å². The van der Waals surface area contributed by atoms with Crippen LogP contribution < -0.4 is 10.2 Å². The quantitative estimate of drug-likeness (QED) is 0.586. The lowest BCUT2D eigenvalue weighted by Gasteiger charge is -2.22. The van der Waals surface area contributed by atoms with Crippen LogP contribution in [0.4, 0.5) is 5.69 Å². The van der Waals surface area contributed by atoms with E-state index in [-0.39, 0.29) is 0 Å². The molecule has 0 radical (unpaired) electrons. The molecule has 0 aliphatic carbocycles. The molecule has 0 heterocycles. The highest BCUT2D eigenvalue weighted by molar-refractivity contribution is 5.51. The lowest BCUT2D eigenvalue weighted by atomic mass is 10.1. The first-order chi connectivity index (χ1) is 8.52. The van der Waals surface area contributed by atoms with Crippen LogP contribution in [0.1, 0.15) is 24.5 Å². The van der Waals surface area contributed by atoms with Gasteiger partial charge in [-0.25, -0.2) is 0 Å². The van der Waals surface area contributed by atoms with Crippen molar-refractivity contribution >= 4 is 5.69 Å². The molecule has 0 bridgehead atoms. The highest BCUT2D eigenvalue weighted by atomic mass is 15.1. The predicted molar refractivity (Wildman–Crippen MR) is 81.5 cm³/mol. The number of rotatable bonds is 7. The maximum atomic E-state index is 4.13. The molecule has 0 aromatic heterocycles. The zero-order valence-corrected chi connectivity index (χ0v) is 12.2. The van der Waals surface area contributed by atoms with Crippen LogP contribution in [0.25, 0.3) is 0 Å². The predicted octanol–water partition coefficient (Wildman–Crippen LogP) is 3.30. The third-order valence-corrected chi connectivity index (χ3v) is 2.91. The first-order valence-electron chi connectivity index (χ1n) is 6.69. The number of benzene rings is 1. The summed E-state index contributed by atoms with van der Waals surface area (Å²) in [5.74, 6) is 0. The third-order valence-electron chi connectivity index (χ3n) is 2.91. The molecule has 0 aliphatic rings. The molecule has 0 amide bonds. The van der Waals surface area contributed by atoms with Crippen molar-refractivity contribution < 1.29 is 0 Å². The SMILES string of the molecule is C=C(CNCCC)CN(C)c1cc(C)cc(C)c1. The number of hydrogen-bond donors (Lipinski definition) is 1. The number of aryl methyl sites for hydroxylation is 2. The van der Waals surface area contributed by atoms with Gasteiger partial charge >= 0.3 is 0 Å². The number of nitrogens with one attached hydrogen (secondary N) is 1. The number of anilines is 1. The lowest BCUT2D eigenvalue weighted by molar-refractivity contribution is 0.705. The first kappa shape index (κ1) is 14.8. The summed E-state index contributed by atoms with van der Waals surface area (Å²) in [6.07, 6.45) is 1.17. The molecule has 1 rings (SSSR count). The normalized spacial score (nSPS) is 10.4. The van der Waals surface area contributed by atoms with E-state index < -0.39 is 0 Å². The molecule has 0 saturated carbocycles. The highest BCUT2D eigenvalue weighted by Gasteiger charge is 2.04. The first-order valence-corrected chi connectivity index (χ1v) is 6.69. The number of likely N-dealkylation sites (N-methyl/N-ethyl adjacent to an activating group) is 1. The van der Waals surface area contributed by atoms with E-state index in [1.165, 1.54) is 28.8 Å². The van der Waals surface area contributed by atoms with E-state index in [0.29, 0.717) is 0 Å². The Bertz CT molecular complexity index is 376. The fourth-order valence-electron chi connectivity index (χ4n) is 2.10. The number of nitrogens with zero attached hydrogens (tertiary/aromatic N) is 1. The van der Waals surface area contributed by atoms with Crippen LogP contribution in [0.15, 0.2) is 30.4 Å². The van der Waals surface area contributed by atoms with E-state index in [4.69, 9.17) is 0 Å². The molecular formula is C16H26N2. The zero-order valence-electron chi connectivity index (χ0n) is 12.2. The molecule has 18 heavy (non-hydrogen) atoms. The Labute approximate surface area is 112 Å². The molecule has 1 aromatic rings. The van der Waals surface area contributed by atoms with Gasteiger partial charge in [-0.15, -0.1) is 0 Å². The molecule has 0 aliphatic heterocycles. The van der Waals surface area contributed by atoms with Gasteiger partial charge in [-0.1, -0.05) is 19.6 Å². The van der Waals surface area contributed by atoms with Crippen molar-refractivity contribution in [3.05, 3.63) is 41.5 Å². The highest BCUT2D eigenvalue weighted by Crippen LogP contribution is 2.18. The summed E-state index contributed by atoms with van der Waals surface area (Å²) in [6.45, 7) is 13.5. The third kappa shape index (κ3) is 4.92. The summed E-state index contributed by atoms with van der Waals surface area (Å²) in [5.41, 5.74) is 5.12. The van der Waals surface area contributed by atoms with E-state index >= 15 is 0 Å². The standard InChI is InChI=1S/C16H26N2/c1-6-7-17-11-15(4)12-18(5)16-9-13(2)8-14(3)10-16/h8-10,17H,4,6-7,11-12H2,1-3,5H3. The van der Waals surface area contributed by atoms with Crippen molar-refractivity contribution in [3.63, 3.8) is 0 Å². The monoisotopic (exact) mass is 246 g/mol. The van der Waals surface area contributed by atoms with Crippen LogP contribution in [0.3, 0.4) is 0 Å². The van der Waals surface area contributed by atoms with Crippen molar-refractivity contribution in [2.45, 2.75) is 27.2 Å². The maximum Gasteiger partial charge on any atom is 0.0395 e. The second-order valence-electron chi connectivity index (χ2n) is 5.13. The van der Waals surface area contributed by atoms with Gasteiger partial charge in [0.05, 0.1) is 0 Å². The van der Waals surface area contributed by atoms with Crippen molar-refractivity contribution in [2.75, 3.05) is 31.6 Å². The summed E-state index contributed by atoms with van der Waals surface area (Å²) >= 11 is 0. The summed E-state index contributed by atoms with van der Waals surface area (Å²) in [4.78, 5) is 2.26. The largest absolute Gasteiger partial charge is 0.371 e. The Morgan fingerprint density at radius 3 is 2.39 bits per heavy atom. The molecule has 2 nitrogen and oxygen atoms in total. The van der Waals surface area contributed by atoms with Crippen LogP contribution in [0.2, 0.25) is 0 Å². The minimum atomic E-state index is 0.902. The Balaban J connectivity index is 2.53. The van der Waals surface area contributed by atoms with Gasteiger partial charge in [-0.05, 0) is 55.6 Å². The Hall–Kier alpha value is -1.28. The van der Waals surface area contributed by atoms with Crippen LogP contribution in [0.5, 0.6) is 0 Å². The van der Waals surface area contributed by atoms with Gasteiger partial charge < -0.3 is 10.2 Å². The average molecular weight is 246 g/mol. The molecule has 0 fully saturated rings. The van der Waals surface area contributed by atoms with Gasteiger partial charge in [0.2, 0.25) is 0 Å². The van der Waals surface area contributed by atoms with Crippen LogP contribution in [-0.4, -0.2) is 26.7 Å². The van der Waals surface area contributed by atoms with Crippen molar-refractivity contribution in [2.24, 2.45) is 0 Å². The molecule has 2 heteroatoms. The van der Waals surface area contributed by atoms with Crippen LogP contribution in [-0.2, 0) is 0 Å². The second kappa shape index (κ2) is 7.22. The fourth-order valence-corrected chi connectivity index (χ4v) is 2.10. The zero-order chi connectivity index (χ0) is 13.5. The van der Waals surface area contributed by atoms with Gasteiger partial charge in [0, 0.05) is 25.8 Å². The smallest absolute Gasteiger partial charge is 0.0395 e. The minimum Gasteiger partial charge on any atom is -0.371 e. The molecule has 0 atom stereocenters. The van der Waals surface area contributed by atoms with Crippen molar-refractivity contribution in [3.8, 4) is 0 Å². The van der Waals surface area contributed by atoms with Gasteiger partial charge in [0.25, 0.3) is 0 Å². The van der Waals surface area contributed by atoms with Crippen LogP contribution in [0, 0.1) is 13.8 Å². The van der Waals surface area contributed by atoms with Crippen molar-refractivity contribution in [1.82, 2.24) is 5.32 Å². The molecule has 100 valence electrons. The summed E-state index contributed by atoms with van der Waals surface area (Å²) in [7, 11) is 2.12. The van der Waals surface area contributed by atoms with E-state index in [1.807, 2.05) is 0 Å². The fraction of sp³-hybridized carbons (Fsp3) is 0.500. The molecule has 1 aromatic carbocycles. The Morgan fingerprint density at radius 1 is 1.22 bits per heavy atom. The van der Waals surface area contributed by atoms with Gasteiger partial charge in [0.15, 0.2) is 0 Å². The summed E-state index contributed by atoms with van der Waals surface area (Å²) in [6, 6.07) is 6.65. The van der Waals surface area contributed by atoms with Gasteiger partial charge in [0.1, 0.15) is 0 Å². The van der Waals surface area contributed by atoms with E-state index in [9.17, 15) is 0 Å². The molecular weight excluding hydrogens is 220 g/mol. The number of hydrogen-bond acceptors (Lipinski definition) is 2. The summed E-state index contributed by atoms with van der Waals surface area (Å²) < 4.78 is 0. The summed E-state index contributed by atoms with van der Waals surface area (Å²) in [5, 5.41) is 3.39. The molecule has 0 unspecified atom stereocenters.